The number of nitrogens with one attached hydrogen (secondary N) is 1. The number of phenols is 1. The van der Waals surface area contributed by atoms with Gasteiger partial charge in [-0.05, 0) is 46.4 Å². The van der Waals surface area contributed by atoms with Crippen molar-refractivity contribution >= 4 is 34.5 Å². The first-order chi connectivity index (χ1) is 9.99. The van der Waals surface area contributed by atoms with Crippen LogP contribution in [0.4, 0.5) is 0 Å². The molecule has 0 spiro atoms. The number of aliphatic carboxylic acids is 1. The first kappa shape index (κ1) is 15.3. The van der Waals surface area contributed by atoms with Crippen LogP contribution < -0.4 is 5.32 Å². The Hall–Kier alpha value is -2.09. The van der Waals surface area contributed by atoms with E-state index in [1.807, 2.05) is 22.6 Å². The normalized spacial score (nSPS) is 11.7. The fourth-order valence-corrected chi connectivity index (χ4v) is 2.14. The van der Waals surface area contributed by atoms with Crippen molar-refractivity contribution in [2.24, 2.45) is 0 Å². The summed E-state index contributed by atoms with van der Waals surface area (Å²) in [6.45, 7) is 0. The number of carboxylic acids is 1. The van der Waals surface area contributed by atoms with Crippen LogP contribution in [0.2, 0.25) is 0 Å². The molecule has 2 aromatic rings. The van der Waals surface area contributed by atoms with Gasteiger partial charge in [-0.1, -0.05) is 30.3 Å². The SMILES string of the molecule is O=C(NC(C(=O)O)c1ccccc1)c1ccc(I)c(O)c1. The number of halogens is 1. The average molecular weight is 397 g/mol. The molecular formula is C15H12INO4. The van der Waals surface area contributed by atoms with E-state index in [1.54, 1.807) is 36.4 Å². The predicted octanol–water partition coefficient (Wildman–Crippen LogP) is 2.55. The molecule has 108 valence electrons. The van der Waals surface area contributed by atoms with Crippen molar-refractivity contribution in [3.8, 4) is 5.75 Å². The van der Waals surface area contributed by atoms with Crippen LogP contribution >= 0.6 is 22.6 Å². The molecule has 2 rings (SSSR count). The number of aromatic hydroxyl groups is 1. The summed E-state index contributed by atoms with van der Waals surface area (Å²) in [5.74, 6) is -1.72. The van der Waals surface area contributed by atoms with Gasteiger partial charge in [0.25, 0.3) is 5.91 Å². The lowest BCUT2D eigenvalue weighted by atomic mass is 10.1. The van der Waals surface area contributed by atoms with Gasteiger partial charge in [-0.25, -0.2) is 4.79 Å². The van der Waals surface area contributed by atoms with Gasteiger partial charge in [0.05, 0.1) is 3.57 Å². The highest BCUT2D eigenvalue weighted by atomic mass is 127. The molecule has 1 unspecified atom stereocenters. The third-order valence-electron chi connectivity index (χ3n) is 2.86. The Morgan fingerprint density at radius 3 is 2.33 bits per heavy atom. The Morgan fingerprint density at radius 1 is 1.10 bits per heavy atom. The minimum absolute atomic E-state index is 0.0187. The second-order valence-corrected chi connectivity index (χ2v) is 5.48. The van der Waals surface area contributed by atoms with Crippen LogP contribution in [-0.4, -0.2) is 22.1 Å². The molecule has 1 atom stereocenters. The first-order valence-corrected chi connectivity index (χ1v) is 7.14. The molecule has 0 aliphatic carbocycles. The van der Waals surface area contributed by atoms with Gasteiger partial charge in [0.2, 0.25) is 0 Å². The zero-order valence-electron chi connectivity index (χ0n) is 10.8. The molecule has 0 heterocycles. The van der Waals surface area contributed by atoms with Crippen LogP contribution in [0.15, 0.2) is 48.5 Å². The molecule has 0 aromatic heterocycles. The molecule has 0 aliphatic heterocycles. The van der Waals surface area contributed by atoms with Crippen LogP contribution in [0.5, 0.6) is 5.75 Å². The number of hydrogen-bond acceptors (Lipinski definition) is 3. The summed E-state index contributed by atoms with van der Waals surface area (Å²) in [5, 5.41) is 21.3. The van der Waals surface area contributed by atoms with Gasteiger partial charge in [0.1, 0.15) is 5.75 Å². The third kappa shape index (κ3) is 3.72. The fourth-order valence-electron chi connectivity index (χ4n) is 1.80. The highest BCUT2D eigenvalue weighted by Crippen LogP contribution is 2.21. The van der Waals surface area contributed by atoms with E-state index >= 15 is 0 Å². The van der Waals surface area contributed by atoms with Crippen LogP contribution in [0.3, 0.4) is 0 Å². The number of benzene rings is 2. The molecule has 2 aromatic carbocycles. The van der Waals surface area contributed by atoms with E-state index in [9.17, 15) is 19.8 Å². The van der Waals surface area contributed by atoms with Crippen molar-refractivity contribution in [2.75, 3.05) is 0 Å². The van der Waals surface area contributed by atoms with E-state index in [-0.39, 0.29) is 11.3 Å². The lowest BCUT2D eigenvalue weighted by Crippen LogP contribution is -2.33. The van der Waals surface area contributed by atoms with Gasteiger partial charge >= 0.3 is 5.97 Å². The highest BCUT2D eigenvalue weighted by molar-refractivity contribution is 14.1. The Kier molecular flexibility index (Phi) is 4.79. The molecule has 0 aliphatic rings. The maximum Gasteiger partial charge on any atom is 0.330 e. The summed E-state index contributed by atoms with van der Waals surface area (Å²) < 4.78 is 0.613. The van der Waals surface area contributed by atoms with Crippen LogP contribution in [-0.2, 0) is 4.79 Å². The molecule has 21 heavy (non-hydrogen) atoms. The van der Waals surface area contributed by atoms with Gasteiger partial charge in [-0.2, -0.15) is 0 Å². The molecule has 0 bridgehead atoms. The van der Waals surface area contributed by atoms with Crippen molar-refractivity contribution in [3.63, 3.8) is 0 Å². The maximum atomic E-state index is 12.1. The lowest BCUT2D eigenvalue weighted by molar-refractivity contribution is -0.139. The number of carbonyl (C=O) groups is 2. The topological polar surface area (TPSA) is 86.6 Å². The van der Waals surface area contributed by atoms with Gasteiger partial charge in [0.15, 0.2) is 6.04 Å². The summed E-state index contributed by atoms with van der Waals surface area (Å²) in [6, 6.07) is 11.7. The summed E-state index contributed by atoms with van der Waals surface area (Å²) in [5.41, 5.74) is 0.684. The van der Waals surface area contributed by atoms with Gasteiger partial charge in [0, 0.05) is 5.56 Å². The quantitative estimate of drug-likeness (QED) is 0.693. The fraction of sp³-hybridized carbons (Fsp3) is 0.0667. The number of hydrogen-bond donors (Lipinski definition) is 3. The highest BCUT2D eigenvalue weighted by Gasteiger charge is 2.22. The van der Waals surface area contributed by atoms with Crippen molar-refractivity contribution in [1.82, 2.24) is 5.32 Å². The van der Waals surface area contributed by atoms with Crippen molar-refractivity contribution < 1.29 is 19.8 Å². The summed E-state index contributed by atoms with van der Waals surface area (Å²) in [4.78, 5) is 23.4. The third-order valence-corrected chi connectivity index (χ3v) is 3.78. The lowest BCUT2D eigenvalue weighted by Gasteiger charge is -2.15. The molecule has 1 amide bonds. The number of carboxylic acid groups (broad SMARTS) is 1. The summed E-state index contributed by atoms with van der Waals surface area (Å²) >= 11 is 1.93. The van der Waals surface area contributed by atoms with Crippen LogP contribution in [0, 0.1) is 3.57 Å². The van der Waals surface area contributed by atoms with Crippen molar-refractivity contribution in [2.45, 2.75) is 6.04 Å². The van der Waals surface area contributed by atoms with Crippen molar-refractivity contribution in [1.29, 1.82) is 0 Å². The molecule has 0 fully saturated rings. The van der Waals surface area contributed by atoms with Crippen LogP contribution in [0.1, 0.15) is 22.0 Å². The van der Waals surface area contributed by atoms with E-state index in [1.165, 1.54) is 12.1 Å². The molecule has 0 saturated carbocycles. The van der Waals surface area contributed by atoms with Gasteiger partial charge < -0.3 is 15.5 Å². The number of rotatable bonds is 4. The van der Waals surface area contributed by atoms with E-state index in [0.29, 0.717) is 9.13 Å². The van der Waals surface area contributed by atoms with E-state index in [0.717, 1.165) is 0 Å². The maximum absolute atomic E-state index is 12.1. The standard InChI is InChI=1S/C15H12INO4/c16-11-7-6-10(8-12(11)18)14(19)17-13(15(20)21)9-4-2-1-3-5-9/h1-8,13,18H,(H,17,19)(H,20,21). The Morgan fingerprint density at radius 2 is 1.76 bits per heavy atom. The zero-order valence-corrected chi connectivity index (χ0v) is 12.9. The molecule has 6 heteroatoms. The first-order valence-electron chi connectivity index (χ1n) is 6.06. The molecule has 0 radical (unpaired) electrons. The molecule has 3 N–H and O–H groups in total. The Labute approximate surface area is 134 Å². The molecular weight excluding hydrogens is 385 g/mol. The number of amides is 1. The number of carbonyl (C=O) groups excluding carboxylic acids is 1. The van der Waals surface area contributed by atoms with E-state index in [4.69, 9.17) is 0 Å². The molecule has 0 saturated heterocycles. The minimum Gasteiger partial charge on any atom is -0.507 e. The summed E-state index contributed by atoms with van der Waals surface area (Å²) in [6.07, 6.45) is 0. The van der Waals surface area contributed by atoms with E-state index in [2.05, 4.69) is 5.32 Å². The Bertz CT molecular complexity index is 673. The minimum atomic E-state index is -1.15. The smallest absolute Gasteiger partial charge is 0.330 e. The van der Waals surface area contributed by atoms with Crippen LogP contribution in [0.25, 0.3) is 0 Å². The average Bonchev–Trinajstić information content (AvgIpc) is 2.48. The predicted molar refractivity (Wildman–Crippen MR) is 85.1 cm³/mol. The van der Waals surface area contributed by atoms with Gasteiger partial charge in [-0.3, -0.25) is 4.79 Å². The van der Waals surface area contributed by atoms with Gasteiger partial charge in [-0.15, -0.1) is 0 Å². The second kappa shape index (κ2) is 6.57. The monoisotopic (exact) mass is 397 g/mol. The largest absolute Gasteiger partial charge is 0.507 e. The number of phenolic OH excluding ortho intramolecular Hbond substituents is 1. The molecule has 5 nitrogen and oxygen atoms in total. The zero-order chi connectivity index (χ0) is 15.4. The van der Waals surface area contributed by atoms with E-state index < -0.39 is 17.9 Å². The second-order valence-electron chi connectivity index (χ2n) is 4.32. The van der Waals surface area contributed by atoms with Crippen molar-refractivity contribution in [3.05, 3.63) is 63.2 Å². The Balaban J connectivity index is 2.23. The summed E-state index contributed by atoms with van der Waals surface area (Å²) in [7, 11) is 0.